The van der Waals surface area contributed by atoms with Gasteiger partial charge in [-0.2, -0.15) is 0 Å². The summed E-state index contributed by atoms with van der Waals surface area (Å²) < 4.78 is 0. The van der Waals surface area contributed by atoms with Gasteiger partial charge in [-0.25, -0.2) is 0 Å². The molecule has 1 aliphatic heterocycles. The second-order valence-corrected chi connectivity index (χ2v) is 3.79. The molecule has 2 rings (SSSR count). The highest BCUT2D eigenvalue weighted by molar-refractivity contribution is 5.99. The van der Waals surface area contributed by atoms with Crippen molar-refractivity contribution in [2.75, 3.05) is 19.6 Å². The molecule has 2 aliphatic rings. The van der Waals surface area contributed by atoms with Crippen LogP contribution in [0.3, 0.4) is 0 Å². The number of amidine groups is 1. The summed E-state index contributed by atoms with van der Waals surface area (Å²) in [5, 5.41) is 3.34. The van der Waals surface area contributed by atoms with E-state index in [0.29, 0.717) is 5.92 Å². The Morgan fingerprint density at radius 3 is 3.21 bits per heavy atom. The smallest absolute Gasteiger partial charge is 0.124 e. The maximum atomic E-state index is 5.66. The fourth-order valence-corrected chi connectivity index (χ4v) is 1.83. The highest BCUT2D eigenvalue weighted by atomic mass is 15.0. The maximum Gasteiger partial charge on any atom is 0.124 e. The van der Waals surface area contributed by atoms with Gasteiger partial charge in [0.15, 0.2) is 0 Å². The normalized spacial score (nSPS) is 26.5. The number of allylic oxidation sites excluding steroid dienone is 2. The van der Waals surface area contributed by atoms with E-state index in [0.717, 1.165) is 38.3 Å². The summed E-state index contributed by atoms with van der Waals surface area (Å²) in [6.45, 7) is 2.73. The average Bonchev–Trinajstić information content (AvgIpc) is 2.30. The molecule has 0 saturated carbocycles. The lowest BCUT2D eigenvalue weighted by molar-refractivity contribution is 0.650. The summed E-state index contributed by atoms with van der Waals surface area (Å²) >= 11 is 0. The zero-order valence-electron chi connectivity index (χ0n) is 8.37. The summed E-state index contributed by atoms with van der Waals surface area (Å²) in [6.07, 6.45) is 8.58. The summed E-state index contributed by atoms with van der Waals surface area (Å²) in [6, 6.07) is 0. The largest absolute Gasteiger partial charge is 0.370 e. The van der Waals surface area contributed by atoms with Crippen molar-refractivity contribution in [3.8, 4) is 0 Å². The van der Waals surface area contributed by atoms with E-state index in [-0.39, 0.29) is 0 Å². The number of hydrogen-bond acceptors (Lipinski definition) is 3. The first-order valence-electron chi connectivity index (χ1n) is 5.26. The van der Waals surface area contributed by atoms with Crippen molar-refractivity contribution in [3.05, 3.63) is 23.8 Å². The van der Waals surface area contributed by atoms with Crippen molar-refractivity contribution in [1.82, 2.24) is 5.32 Å². The van der Waals surface area contributed by atoms with Crippen LogP contribution in [0.1, 0.15) is 12.8 Å². The first-order valence-corrected chi connectivity index (χ1v) is 5.26. The van der Waals surface area contributed by atoms with Crippen LogP contribution in [0.15, 0.2) is 28.8 Å². The van der Waals surface area contributed by atoms with Gasteiger partial charge in [-0.3, -0.25) is 4.99 Å². The van der Waals surface area contributed by atoms with Crippen LogP contribution < -0.4 is 11.1 Å². The van der Waals surface area contributed by atoms with Gasteiger partial charge in [-0.1, -0.05) is 18.2 Å². The molecule has 1 atom stereocenters. The Hall–Kier alpha value is -1.09. The van der Waals surface area contributed by atoms with Gasteiger partial charge in [0.05, 0.1) is 0 Å². The van der Waals surface area contributed by atoms with Crippen LogP contribution in [-0.4, -0.2) is 25.5 Å². The fraction of sp³-hybridized carbons (Fsp3) is 0.545. The molecule has 14 heavy (non-hydrogen) atoms. The standard InChI is InChI=1S/C11H17N3/c12-8-9-3-1-4-10(7-9)11-13-5-2-6-14-11/h1,3-4,9H,2,5-8,12H2,(H,13,14). The van der Waals surface area contributed by atoms with Gasteiger partial charge >= 0.3 is 0 Å². The molecule has 1 heterocycles. The van der Waals surface area contributed by atoms with Crippen molar-refractivity contribution in [1.29, 1.82) is 0 Å². The second kappa shape index (κ2) is 4.42. The van der Waals surface area contributed by atoms with E-state index in [1.807, 2.05) is 0 Å². The van der Waals surface area contributed by atoms with Crippen LogP contribution in [0.25, 0.3) is 0 Å². The molecule has 0 fully saturated rings. The van der Waals surface area contributed by atoms with Gasteiger partial charge in [-0.05, 0) is 30.9 Å². The molecular formula is C11H17N3. The molecular weight excluding hydrogens is 174 g/mol. The summed E-state index contributed by atoms with van der Waals surface area (Å²) in [5.41, 5.74) is 6.96. The Balaban J connectivity index is 2.07. The van der Waals surface area contributed by atoms with Crippen molar-refractivity contribution < 1.29 is 0 Å². The molecule has 0 spiro atoms. The Labute approximate surface area is 84.8 Å². The van der Waals surface area contributed by atoms with Crippen LogP contribution in [0.2, 0.25) is 0 Å². The number of aliphatic imine (C=N–C) groups is 1. The second-order valence-electron chi connectivity index (χ2n) is 3.79. The van der Waals surface area contributed by atoms with Crippen LogP contribution >= 0.6 is 0 Å². The van der Waals surface area contributed by atoms with E-state index in [2.05, 4.69) is 28.5 Å². The average molecular weight is 191 g/mol. The third kappa shape index (κ3) is 2.04. The van der Waals surface area contributed by atoms with Crippen molar-refractivity contribution in [2.45, 2.75) is 12.8 Å². The first-order chi connectivity index (χ1) is 6.90. The van der Waals surface area contributed by atoms with Gasteiger partial charge in [-0.15, -0.1) is 0 Å². The van der Waals surface area contributed by atoms with Crippen LogP contribution in [0.5, 0.6) is 0 Å². The van der Waals surface area contributed by atoms with Gasteiger partial charge in [0, 0.05) is 13.1 Å². The zero-order valence-corrected chi connectivity index (χ0v) is 8.37. The highest BCUT2D eigenvalue weighted by Gasteiger charge is 2.15. The van der Waals surface area contributed by atoms with Crippen LogP contribution in [0, 0.1) is 5.92 Å². The van der Waals surface area contributed by atoms with E-state index >= 15 is 0 Å². The van der Waals surface area contributed by atoms with Gasteiger partial charge in [0.25, 0.3) is 0 Å². The van der Waals surface area contributed by atoms with E-state index in [1.165, 1.54) is 5.57 Å². The van der Waals surface area contributed by atoms with E-state index in [4.69, 9.17) is 5.73 Å². The SMILES string of the molecule is NCC1C=CC=C(C2=NCCCN2)C1. The van der Waals surface area contributed by atoms with Crippen molar-refractivity contribution >= 4 is 5.84 Å². The molecule has 0 aromatic carbocycles. The maximum absolute atomic E-state index is 5.66. The van der Waals surface area contributed by atoms with Crippen LogP contribution in [-0.2, 0) is 0 Å². The molecule has 3 nitrogen and oxygen atoms in total. The third-order valence-corrected chi connectivity index (χ3v) is 2.67. The lowest BCUT2D eigenvalue weighted by Crippen LogP contribution is -2.32. The predicted molar refractivity (Wildman–Crippen MR) is 59.3 cm³/mol. The summed E-state index contributed by atoms with van der Waals surface area (Å²) in [7, 11) is 0. The predicted octanol–water partition coefficient (Wildman–Crippen LogP) is 0.839. The van der Waals surface area contributed by atoms with Gasteiger partial charge < -0.3 is 11.1 Å². The fourth-order valence-electron chi connectivity index (χ4n) is 1.83. The summed E-state index contributed by atoms with van der Waals surface area (Å²) in [4.78, 5) is 4.48. The molecule has 0 aromatic heterocycles. The Morgan fingerprint density at radius 2 is 2.50 bits per heavy atom. The molecule has 0 radical (unpaired) electrons. The quantitative estimate of drug-likeness (QED) is 0.679. The molecule has 1 aliphatic carbocycles. The molecule has 0 aromatic rings. The lowest BCUT2D eigenvalue weighted by atomic mass is 9.93. The van der Waals surface area contributed by atoms with Crippen molar-refractivity contribution in [2.24, 2.45) is 16.6 Å². The molecule has 3 heteroatoms. The minimum absolute atomic E-state index is 0.487. The van der Waals surface area contributed by atoms with E-state index in [9.17, 15) is 0 Å². The third-order valence-electron chi connectivity index (χ3n) is 2.67. The topological polar surface area (TPSA) is 50.4 Å². The zero-order chi connectivity index (χ0) is 9.80. The lowest BCUT2D eigenvalue weighted by Gasteiger charge is -2.21. The van der Waals surface area contributed by atoms with E-state index < -0.39 is 0 Å². The highest BCUT2D eigenvalue weighted by Crippen LogP contribution is 2.18. The Morgan fingerprint density at radius 1 is 1.57 bits per heavy atom. The number of rotatable bonds is 2. The molecule has 3 N–H and O–H groups in total. The minimum Gasteiger partial charge on any atom is -0.370 e. The number of hydrogen-bond donors (Lipinski definition) is 2. The van der Waals surface area contributed by atoms with Gasteiger partial charge in [0.1, 0.15) is 5.84 Å². The summed E-state index contributed by atoms with van der Waals surface area (Å²) in [5.74, 6) is 1.57. The molecule has 0 saturated heterocycles. The minimum atomic E-state index is 0.487. The molecule has 1 unspecified atom stereocenters. The van der Waals surface area contributed by atoms with Crippen molar-refractivity contribution in [3.63, 3.8) is 0 Å². The van der Waals surface area contributed by atoms with Gasteiger partial charge in [0.2, 0.25) is 0 Å². The molecule has 0 bridgehead atoms. The number of nitrogens with one attached hydrogen (secondary N) is 1. The number of nitrogens with zero attached hydrogens (tertiary/aromatic N) is 1. The Kier molecular flexibility index (Phi) is 2.99. The first kappa shape index (κ1) is 9.46. The van der Waals surface area contributed by atoms with E-state index in [1.54, 1.807) is 0 Å². The number of nitrogens with two attached hydrogens (primary N) is 1. The van der Waals surface area contributed by atoms with Crippen LogP contribution in [0.4, 0.5) is 0 Å². The monoisotopic (exact) mass is 191 g/mol. The molecule has 0 amide bonds. The molecule has 76 valence electrons. The Bertz CT molecular complexity index is 289.